The molecule has 0 saturated carbocycles. The van der Waals surface area contributed by atoms with Crippen LogP contribution < -0.4 is 10.2 Å². The SMILES string of the molecule is CCNC1CCN(c2ccc3sccc3c2)C(C)C1. The number of hydrogen-bond donors (Lipinski definition) is 1. The Hall–Kier alpha value is -1.06. The molecule has 3 rings (SSSR count). The lowest BCUT2D eigenvalue weighted by Crippen LogP contribution is -2.47. The molecule has 2 nitrogen and oxygen atoms in total. The van der Waals surface area contributed by atoms with Crippen LogP contribution in [0.15, 0.2) is 29.6 Å². The normalized spacial score (nSPS) is 24.0. The van der Waals surface area contributed by atoms with Crippen molar-refractivity contribution in [3.63, 3.8) is 0 Å². The molecule has 0 aliphatic carbocycles. The van der Waals surface area contributed by atoms with Crippen LogP contribution >= 0.6 is 11.3 Å². The van der Waals surface area contributed by atoms with E-state index in [-0.39, 0.29) is 0 Å². The molecular weight excluding hydrogens is 252 g/mol. The summed E-state index contributed by atoms with van der Waals surface area (Å²) in [5.74, 6) is 0. The minimum atomic E-state index is 0.619. The van der Waals surface area contributed by atoms with Gasteiger partial charge in [0.15, 0.2) is 0 Å². The van der Waals surface area contributed by atoms with E-state index in [1.165, 1.54) is 28.6 Å². The first-order valence-corrected chi connectivity index (χ1v) is 8.13. The van der Waals surface area contributed by atoms with Crippen LogP contribution in [0, 0.1) is 0 Å². The second kappa shape index (κ2) is 5.51. The van der Waals surface area contributed by atoms with Gasteiger partial charge in [0.1, 0.15) is 0 Å². The molecule has 1 aromatic carbocycles. The summed E-state index contributed by atoms with van der Waals surface area (Å²) in [5, 5.41) is 7.14. The average Bonchev–Trinajstić information content (AvgIpc) is 2.86. The van der Waals surface area contributed by atoms with E-state index in [0.29, 0.717) is 12.1 Å². The zero-order valence-electron chi connectivity index (χ0n) is 11.7. The molecule has 2 aromatic rings. The summed E-state index contributed by atoms with van der Waals surface area (Å²) in [4.78, 5) is 2.56. The van der Waals surface area contributed by atoms with Crippen LogP contribution in [0.3, 0.4) is 0 Å². The first-order valence-electron chi connectivity index (χ1n) is 7.25. The topological polar surface area (TPSA) is 15.3 Å². The Morgan fingerprint density at radius 1 is 1.37 bits per heavy atom. The number of rotatable bonds is 3. The Labute approximate surface area is 119 Å². The molecular formula is C16H22N2S. The van der Waals surface area contributed by atoms with Crippen molar-refractivity contribution in [3.8, 4) is 0 Å². The summed E-state index contributed by atoms with van der Waals surface area (Å²) in [6.45, 7) is 6.79. The number of piperidine rings is 1. The van der Waals surface area contributed by atoms with Gasteiger partial charge in [-0.15, -0.1) is 11.3 Å². The number of anilines is 1. The summed E-state index contributed by atoms with van der Waals surface area (Å²) in [6, 6.07) is 10.4. The molecule has 0 spiro atoms. The second-order valence-corrected chi connectivity index (χ2v) is 6.41. The van der Waals surface area contributed by atoms with E-state index in [1.54, 1.807) is 0 Å². The maximum Gasteiger partial charge on any atom is 0.0375 e. The number of fused-ring (bicyclic) bond motifs is 1. The first-order chi connectivity index (χ1) is 9.28. The van der Waals surface area contributed by atoms with Gasteiger partial charge in [-0.2, -0.15) is 0 Å². The molecule has 2 unspecified atom stereocenters. The zero-order valence-corrected chi connectivity index (χ0v) is 12.5. The highest BCUT2D eigenvalue weighted by Crippen LogP contribution is 2.30. The molecule has 1 N–H and O–H groups in total. The van der Waals surface area contributed by atoms with Crippen LogP contribution in [0.2, 0.25) is 0 Å². The Morgan fingerprint density at radius 3 is 3.05 bits per heavy atom. The van der Waals surface area contributed by atoms with Crippen LogP contribution in [-0.2, 0) is 0 Å². The lowest BCUT2D eigenvalue weighted by Gasteiger charge is -2.39. The molecule has 19 heavy (non-hydrogen) atoms. The maximum absolute atomic E-state index is 3.59. The van der Waals surface area contributed by atoms with Crippen LogP contribution in [0.1, 0.15) is 26.7 Å². The number of nitrogens with zero attached hydrogens (tertiary/aromatic N) is 1. The largest absolute Gasteiger partial charge is 0.369 e. The molecule has 0 amide bonds. The van der Waals surface area contributed by atoms with Crippen molar-refractivity contribution in [3.05, 3.63) is 29.6 Å². The summed E-state index contributed by atoms with van der Waals surface area (Å²) in [6.07, 6.45) is 2.50. The van der Waals surface area contributed by atoms with Gasteiger partial charge in [-0.05, 0) is 61.3 Å². The van der Waals surface area contributed by atoms with E-state index in [0.717, 1.165) is 13.1 Å². The van der Waals surface area contributed by atoms with Crippen molar-refractivity contribution in [1.82, 2.24) is 5.32 Å². The summed E-state index contributed by atoms with van der Waals surface area (Å²) >= 11 is 1.82. The van der Waals surface area contributed by atoms with E-state index in [2.05, 4.69) is 53.7 Å². The van der Waals surface area contributed by atoms with E-state index in [4.69, 9.17) is 0 Å². The number of benzene rings is 1. The molecule has 1 saturated heterocycles. The van der Waals surface area contributed by atoms with Crippen LogP contribution in [0.4, 0.5) is 5.69 Å². The molecule has 0 bridgehead atoms. The fourth-order valence-electron chi connectivity index (χ4n) is 3.16. The smallest absolute Gasteiger partial charge is 0.0375 e. The van der Waals surface area contributed by atoms with Gasteiger partial charge in [0.25, 0.3) is 0 Å². The summed E-state index contributed by atoms with van der Waals surface area (Å²) in [7, 11) is 0. The molecule has 1 aliphatic rings. The predicted octanol–water partition coefficient (Wildman–Crippen LogP) is 3.87. The Bertz CT molecular complexity index is 548. The third-order valence-corrected chi connectivity index (χ3v) is 5.03. The highest BCUT2D eigenvalue weighted by Gasteiger charge is 2.25. The third kappa shape index (κ3) is 2.63. The van der Waals surface area contributed by atoms with Gasteiger partial charge in [0.05, 0.1) is 0 Å². The standard InChI is InChI=1S/C16H22N2S/c1-3-17-14-6-8-18(12(2)10-14)15-4-5-16-13(11-15)7-9-19-16/h4-5,7,9,11-12,14,17H,3,6,8,10H2,1-2H3. The van der Waals surface area contributed by atoms with E-state index in [1.807, 2.05) is 11.3 Å². The molecule has 2 heterocycles. The number of thiophene rings is 1. The molecule has 2 atom stereocenters. The van der Waals surface area contributed by atoms with Crippen LogP contribution in [-0.4, -0.2) is 25.2 Å². The number of nitrogens with one attached hydrogen (secondary N) is 1. The van der Waals surface area contributed by atoms with Crippen molar-refractivity contribution < 1.29 is 0 Å². The van der Waals surface area contributed by atoms with Crippen molar-refractivity contribution in [2.45, 2.75) is 38.8 Å². The molecule has 1 aliphatic heterocycles. The third-order valence-electron chi connectivity index (χ3n) is 4.14. The zero-order chi connectivity index (χ0) is 13.2. The molecule has 0 radical (unpaired) electrons. The van der Waals surface area contributed by atoms with Gasteiger partial charge in [0.2, 0.25) is 0 Å². The van der Waals surface area contributed by atoms with Crippen molar-refractivity contribution in [2.75, 3.05) is 18.0 Å². The van der Waals surface area contributed by atoms with Gasteiger partial charge < -0.3 is 10.2 Å². The summed E-state index contributed by atoms with van der Waals surface area (Å²) in [5.41, 5.74) is 1.38. The lowest BCUT2D eigenvalue weighted by molar-refractivity contribution is 0.374. The fourth-order valence-corrected chi connectivity index (χ4v) is 3.93. The van der Waals surface area contributed by atoms with Crippen LogP contribution in [0.25, 0.3) is 10.1 Å². The monoisotopic (exact) mass is 274 g/mol. The van der Waals surface area contributed by atoms with Gasteiger partial charge in [-0.1, -0.05) is 6.92 Å². The van der Waals surface area contributed by atoms with Crippen molar-refractivity contribution >= 4 is 27.1 Å². The van der Waals surface area contributed by atoms with Crippen molar-refractivity contribution in [2.24, 2.45) is 0 Å². The second-order valence-electron chi connectivity index (χ2n) is 5.46. The first kappa shape index (κ1) is 12.9. The molecule has 1 aromatic heterocycles. The van der Waals surface area contributed by atoms with E-state index < -0.39 is 0 Å². The number of hydrogen-bond acceptors (Lipinski definition) is 3. The van der Waals surface area contributed by atoms with Gasteiger partial charge in [-0.25, -0.2) is 0 Å². The van der Waals surface area contributed by atoms with E-state index in [9.17, 15) is 0 Å². The van der Waals surface area contributed by atoms with Crippen molar-refractivity contribution in [1.29, 1.82) is 0 Å². The van der Waals surface area contributed by atoms with Gasteiger partial charge in [0, 0.05) is 29.0 Å². The predicted molar refractivity (Wildman–Crippen MR) is 85.3 cm³/mol. The minimum Gasteiger partial charge on any atom is -0.369 e. The average molecular weight is 274 g/mol. The molecule has 3 heteroatoms. The Kier molecular flexibility index (Phi) is 3.76. The highest BCUT2D eigenvalue weighted by molar-refractivity contribution is 7.17. The van der Waals surface area contributed by atoms with Gasteiger partial charge in [-0.3, -0.25) is 0 Å². The van der Waals surface area contributed by atoms with Gasteiger partial charge >= 0.3 is 0 Å². The minimum absolute atomic E-state index is 0.619. The highest BCUT2D eigenvalue weighted by atomic mass is 32.1. The maximum atomic E-state index is 3.59. The lowest BCUT2D eigenvalue weighted by atomic mass is 9.97. The molecule has 102 valence electrons. The van der Waals surface area contributed by atoms with E-state index >= 15 is 0 Å². The Morgan fingerprint density at radius 2 is 2.26 bits per heavy atom. The quantitative estimate of drug-likeness (QED) is 0.914. The Balaban J connectivity index is 1.78. The fraction of sp³-hybridized carbons (Fsp3) is 0.500. The van der Waals surface area contributed by atoms with Crippen LogP contribution in [0.5, 0.6) is 0 Å². The molecule has 1 fully saturated rings. The summed E-state index contributed by atoms with van der Waals surface area (Å²) < 4.78 is 1.39.